The molecular weight excluding hydrogens is 807 g/mol. The predicted octanol–water partition coefficient (Wildman–Crippen LogP) is 6.92. The van der Waals surface area contributed by atoms with Crippen molar-refractivity contribution in [2.75, 3.05) is 6.61 Å². The van der Waals surface area contributed by atoms with Crippen LogP contribution in [0.4, 0.5) is 0 Å². The number of carbonyl (C=O) groups excluding carboxylic acids is 5. The van der Waals surface area contributed by atoms with Crippen LogP contribution in [0.25, 0.3) is 0 Å². The Morgan fingerprint density at radius 2 is 0.968 bits per heavy atom. The van der Waals surface area contributed by atoms with Crippen LogP contribution >= 0.6 is 0 Å². The van der Waals surface area contributed by atoms with Crippen molar-refractivity contribution in [1.29, 1.82) is 0 Å². The van der Waals surface area contributed by atoms with E-state index in [2.05, 4.69) is 117 Å². The van der Waals surface area contributed by atoms with E-state index in [9.17, 15) is 19.2 Å². The standard InChI is InChI=1S/C48H65N5O10/c1-26(54)59-25-38-45(13,60-27(2)55)47(15,61-28(3)56)46(14,48(16,63-38)62-29(4)57)53-39(58)24-30-23-37-43(9,10)35-20-19-33(50-35)41(5,6)31-17-18-32(49-31)42(7,8)34-21-22-36(51-34)44(11,12)40(30)52-37/h17-23,38,49-52H,24-25H2,1-16H3,(H,53,58)/t38?,45-,46?,47+,48+/m1/s1. The Hall–Kier alpha value is -5.57. The van der Waals surface area contributed by atoms with Crippen LogP contribution in [-0.4, -0.2) is 85.0 Å². The highest BCUT2D eigenvalue weighted by molar-refractivity contribution is 5.81. The van der Waals surface area contributed by atoms with Gasteiger partial charge in [-0.05, 0) is 124 Å². The number of fused-ring (bicyclic) bond motifs is 8. The van der Waals surface area contributed by atoms with Gasteiger partial charge in [0.1, 0.15) is 18.2 Å². The number of rotatable bonds is 8. The Kier molecular flexibility index (Phi) is 11.4. The monoisotopic (exact) mass is 871 g/mol. The Labute approximate surface area is 369 Å². The third-order valence-corrected chi connectivity index (χ3v) is 14.3. The quantitative estimate of drug-likeness (QED) is 0.0913. The van der Waals surface area contributed by atoms with Gasteiger partial charge in [0.2, 0.25) is 11.7 Å². The molecule has 5 atom stereocenters. The molecule has 63 heavy (non-hydrogen) atoms. The van der Waals surface area contributed by atoms with Crippen molar-refractivity contribution in [3.63, 3.8) is 0 Å². The van der Waals surface area contributed by atoms with Crippen molar-refractivity contribution in [2.45, 2.75) is 167 Å². The molecule has 5 N–H and O–H groups in total. The molecule has 4 aromatic heterocycles. The third-order valence-electron chi connectivity index (χ3n) is 14.3. The number of aromatic amines is 4. The molecular formula is C48H65N5O10. The lowest BCUT2D eigenvalue weighted by Crippen LogP contribution is -2.87. The minimum atomic E-state index is -2.10. The molecule has 0 aromatic carbocycles. The number of carbonyl (C=O) groups is 5. The minimum Gasteiger partial charge on any atom is -0.463 e. The van der Waals surface area contributed by atoms with E-state index in [4.69, 9.17) is 23.7 Å². The minimum absolute atomic E-state index is 0.207. The second-order valence-corrected chi connectivity index (χ2v) is 20.1. The summed E-state index contributed by atoms with van der Waals surface area (Å²) >= 11 is 0. The number of hydrogen-bond acceptors (Lipinski definition) is 10. The van der Waals surface area contributed by atoms with Gasteiger partial charge in [-0.3, -0.25) is 24.0 Å². The summed E-state index contributed by atoms with van der Waals surface area (Å²) in [4.78, 5) is 80.9. The Morgan fingerprint density at radius 1 is 0.556 bits per heavy atom. The topological polar surface area (TPSA) is 207 Å². The summed E-state index contributed by atoms with van der Waals surface area (Å²) in [5.74, 6) is -5.70. The fourth-order valence-electron chi connectivity index (χ4n) is 9.68. The highest BCUT2D eigenvalue weighted by Gasteiger charge is 2.77. The van der Waals surface area contributed by atoms with Gasteiger partial charge < -0.3 is 48.9 Å². The van der Waals surface area contributed by atoms with Crippen LogP contribution in [-0.2, 0) is 75.7 Å². The molecule has 1 saturated heterocycles. The average Bonchev–Trinajstić information content (AvgIpc) is 3.98. The van der Waals surface area contributed by atoms with E-state index < -0.39 is 81.3 Å². The van der Waals surface area contributed by atoms with Crippen LogP contribution in [0.1, 0.15) is 162 Å². The Morgan fingerprint density at radius 3 is 1.38 bits per heavy atom. The number of esters is 4. The molecule has 2 aliphatic heterocycles. The number of hydrogen-bond donors (Lipinski definition) is 5. The van der Waals surface area contributed by atoms with Gasteiger partial charge in [-0.25, -0.2) is 0 Å². The van der Waals surface area contributed by atoms with Gasteiger partial charge in [0.15, 0.2) is 11.2 Å². The number of ether oxygens (including phenoxy) is 5. The van der Waals surface area contributed by atoms with Gasteiger partial charge >= 0.3 is 23.9 Å². The summed E-state index contributed by atoms with van der Waals surface area (Å²) in [6, 6.07) is 14.7. The predicted molar refractivity (Wildman–Crippen MR) is 234 cm³/mol. The van der Waals surface area contributed by atoms with Crippen LogP contribution in [0.5, 0.6) is 0 Å². The molecule has 0 radical (unpaired) electrons. The number of amides is 1. The molecule has 0 spiro atoms. The molecule has 8 bridgehead atoms. The van der Waals surface area contributed by atoms with Gasteiger partial charge in [0.05, 0.1) is 6.42 Å². The van der Waals surface area contributed by atoms with Crippen molar-refractivity contribution in [2.24, 2.45) is 0 Å². The molecule has 4 aromatic rings. The first-order chi connectivity index (χ1) is 28.9. The molecule has 6 rings (SSSR count). The molecule has 342 valence electrons. The maximum atomic E-state index is 15.0. The van der Waals surface area contributed by atoms with Crippen LogP contribution in [0.3, 0.4) is 0 Å². The normalized spacial score (nSPS) is 27.7. The molecule has 0 aliphatic carbocycles. The SMILES string of the molecule is CC(=O)OCC1O[C@](C)(OC(C)=O)C(C)(NC(=O)Cc2cc3[nH]c2C(C)(C)c2ccc([nH]2)C(C)(C)c2ccc([nH]2)C(C)(C)c2ccc([nH]2)C3(C)C)[C@@](C)(OC(C)=O)[C@]1(C)OC(C)=O. The molecule has 1 amide bonds. The van der Waals surface area contributed by atoms with E-state index in [1.807, 2.05) is 6.07 Å². The highest BCUT2D eigenvalue weighted by Crippen LogP contribution is 2.54. The molecule has 15 heteroatoms. The van der Waals surface area contributed by atoms with Crippen molar-refractivity contribution >= 4 is 29.8 Å². The summed E-state index contributed by atoms with van der Waals surface area (Å²) < 4.78 is 29.8. The van der Waals surface area contributed by atoms with Gasteiger partial charge in [-0.2, -0.15) is 0 Å². The van der Waals surface area contributed by atoms with Crippen molar-refractivity contribution in [1.82, 2.24) is 25.3 Å². The fraction of sp³-hybridized carbons (Fsp3) is 0.562. The lowest BCUT2D eigenvalue weighted by atomic mass is 9.62. The number of aromatic nitrogens is 4. The molecule has 0 saturated carbocycles. The lowest BCUT2D eigenvalue weighted by molar-refractivity contribution is -0.387. The molecule has 2 unspecified atom stereocenters. The highest BCUT2D eigenvalue weighted by atomic mass is 16.7. The van der Waals surface area contributed by atoms with Crippen LogP contribution in [0, 0.1) is 0 Å². The first-order valence-corrected chi connectivity index (χ1v) is 21.4. The Bertz CT molecular complexity index is 2460. The maximum Gasteiger partial charge on any atom is 0.305 e. The van der Waals surface area contributed by atoms with Crippen molar-refractivity contribution < 1.29 is 47.7 Å². The van der Waals surface area contributed by atoms with Gasteiger partial charge in [0.25, 0.3) is 0 Å². The molecule has 2 aliphatic rings. The molecule has 6 heterocycles. The van der Waals surface area contributed by atoms with Crippen molar-refractivity contribution in [3.05, 3.63) is 93.6 Å². The summed E-state index contributed by atoms with van der Waals surface area (Å²) in [7, 11) is 0. The smallest absolute Gasteiger partial charge is 0.305 e. The summed E-state index contributed by atoms with van der Waals surface area (Å²) in [5.41, 5.74) is 0.227. The van der Waals surface area contributed by atoms with Crippen LogP contribution in [0.15, 0.2) is 42.5 Å². The first-order valence-electron chi connectivity index (χ1n) is 21.4. The number of nitrogens with one attached hydrogen (secondary N) is 5. The van der Waals surface area contributed by atoms with Crippen LogP contribution < -0.4 is 5.32 Å². The second-order valence-electron chi connectivity index (χ2n) is 20.1. The number of H-pyrrole nitrogens is 4. The largest absolute Gasteiger partial charge is 0.463 e. The Balaban J connectivity index is 1.51. The molecule has 15 nitrogen and oxygen atoms in total. The van der Waals surface area contributed by atoms with Gasteiger partial charge in [0, 0.05) is 102 Å². The summed E-state index contributed by atoms with van der Waals surface area (Å²) in [5, 5.41) is 3.06. The average molecular weight is 872 g/mol. The maximum absolute atomic E-state index is 15.0. The van der Waals surface area contributed by atoms with Gasteiger partial charge in [-0.15, -0.1) is 0 Å². The lowest BCUT2D eigenvalue weighted by Gasteiger charge is -2.64. The fourth-order valence-corrected chi connectivity index (χ4v) is 9.68. The van der Waals surface area contributed by atoms with Gasteiger partial charge in [-0.1, -0.05) is 0 Å². The van der Waals surface area contributed by atoms with E-state index in [0.29, 0.717) is 5.56 Å². The zero-order valence-electron chi connectivity index (χ0n) is 39.6. The van der Waals surface area contributed by atoms with Crippen molar-refractivity contribution in [3.8, 4) is 0 Å². The zero-order valence-corrected chi connectivity index (χ0v) is 39.6. The van der Waals surface area contributed by atoms with E-state index in [1.165, 1.54) is 55.4 Å². The molecule has 1 fully saturated rings. The van der Waals surface area contributed by atoms with E-state index in [-0.39, 0.29) is 11.8 Å². The third kappa shape index (κ3) is 7.59. The zero-order chi connectivity index (χ0) is 47.1. The summed E-state index contributed by atoms with van der Waals surface area (Å²) in [6.45, 7) is 27.2. The van der Waals surface area contributed by atoms with Crippen LogP contribution in [0.2, 0.25) is 0 Å². The summed E-state index contributed by atoms with van der Waals surface area (Å²) in [6.07, 6.45) is -1.56. The van der Waals surface area contributed by atoms with E-state index in [1.54, 1.807) is 0 Å². The van der Waals surface area contributed by atoms with E-state index in [0.717, 1.165) is 45.6 Å². The second kappa shape index (κ2) is 15.3. The first kappa shape index (κ1) is 46.9. The van der Waals surface area contributed by atoms with E-state index >= 15 is 4.79 Å².